The smallest absolute Gasteiger partial charge is 0.462 e. The van der Waals surface area contributed by atoms with Gasteiger partial charge in [-0.2, -0.15) is 0 Å². The number of phosphoric acid groups is 2. The number of allylic oxidation sites excluding steroid dienone is 4. The van der Waals surface area contributed by atoms with Crippen LogP contribution in [-0.4, -0.2) is 136 Å². The quantitative estimate of drug-likeness (QED) is 0.0153. The minimum atomic E-state index is -4.77. The number of benzene rings is 1. The molecule has 0 radical (unpaired) electrons. The molecule has 1 rings (SSSR count). The SMILES string of the molecule is CCCCCC/C=C\CCCC(=O)O[C@H](CCCCCCC)CCOCC(COP(=O)(O)OCCNC(=O)c1ccccc1C(=O)NCCOP(=O)(O)OC[C@@H](COCC[C@@H](CCCCCCC)OC(=O)CCC/C=C\CCCCCC)NC(=O)CCCCCCCCCCCCC)NC(=O)CCCCCCCCCCCCC. The van der Waals surface area contributed by atoms with Crippen molar-refractivity contribution in [3.8, 4) is 0 Å². The van der Waals surface area contributed by atoms with E-state index in [1.165, 1.54) is 153 Å². The summed E-state index contributed by atoms with van der Waals surface area (Å²) >= 11 is 0. The number of hydrogen-bond acceptors (Lipinski definition) is 16. The zero-order valence-corrected chi connectivity index (χ0v) is 74.3. The van der Waals surface area contributed by atoms with E-state index in [1.807, 2.05) is 0 Å². The Kier molecular flexibility index (Phi) is 73.0. The number of amides is 4. The molecule has 0 bridgehead atoms. The molecule has 0 saturated heterocycles. The lowest BCUT2D eigenvalue weighted by atomic mass is 10.1. The second-order valence-electron chi connectivity index (χ2n) is 31.1. The van der Waals surface area contributed by atoms with Crippen LogP contribution in [0.1, 0.15) is 409 Å². The minimum Gasteiger partial charge on any atom is -0.462 e. The van der Waals surface area contributed by atoms with Gasteiger partial charge in [0.1, 0.15) is 12.2 Å². The van der Waals surface area contributed by atoms with Gasteiger partial charge in [-0.15, -0.1) is 0 Å². The minimum absolute atomic E-state index is 0.0366. The van der Waals surface area contributed by atoms with Crippen LogP contribution >= 0.6 is 15.6 Å². The van der Waals surface area contributed by atoms with Gasteiger partial charge in [-0.3, -0.25) is 46.9 Å². The van der Waals surface area contributed by atoms with E-state index in [2.05, 4.69) is 87.1 Å². The lowest BCUT2D eigenvalue weighted by Gasteiger charge is -2.22. The van der Waals surface area contributed by atoms with Gasteiger partial charge in [0, 0.05) is 51.6 Å². The molecule has 1 aromatic rings. The van der Waals surface area contributed by atoms with Crippen molar-refractivity contribution in [1.29, 1.82) is 0 Å². The first kappa shape index (κ1) is 108. The molecule has 662 valence electrons. The van der Waals surface area contributed by atoms with Gasteiger partial charge in [0.15, 0.2) is 0 Å². The number of unbranched alkanes of at least 4 members (excludes halogenated alkanes) is 38. The number of carbonyl (C=O) groups is 6. The number of hydrogen-bond donors (Lipinski definition) is 6. The van der Waals surface area contributed by atoms with Gasteiger partial charge < -0.3 is 50.0 Å². The highest BCUT2D eigenvalue weighted by Crippen LogP contribution is 2.44. The van der Waals surface area contributed by atoms with Crippen molar-refractivity contribution in [2.45, 2.75) is 413 Å². The average molecular weight is 1650 g/mol. The Morgan fingerprint density at radius 1 is 0.342 bits per heavy atom. The fourth-order valence-corrected chi connectivity index (χ4v) is 14.9. The molecule has 0 aliphatic carbocycles. The van der Waals surface area contributed by atoms with Crippen LogP contribution in [0.3, 0.4) is 0 Å². The molecule has 4 amide bonds. The molecule has 0 aromatic heterocycles. The number of esters is 2. The fraction of sp³-hybridized carbons (Fsp3) is 0.822. The molecule has 114 heavy (non-hydrogen) atoms. The van der Waals surface area contributed by atoms with E-state index in [1.54, 1.807) is 12.1 Å². The Balaban J connectivity index is 2.99. The summed E-state index contributed by atoms with van der Waals surface area (Å²) in [5.41, 5.74) is -0.0733. The van der Waals surface area contributed by atoms with Gasteiger partial charge in [0.05, 0.1) is 76.1 Å². The Morgan fingerprint density at radius 2 is 0.632 bits per heavy atom. The molecular weight excluding hydrogens is 1490 g/mol. The number of phosphoric ester groups is 2. The van der Waals surface area contributed by atoms with Gasteiger partial charge in [-0.05, 0) is 102 Å². The van der Waals surface area contributed by atoms with Crippen LogP contribution in [0.5, 0.6) is 0 Å². The maximum atomic E-state index is 13.6. The zero-order chi connectivity index (χ0) is 83.3. The summed E-state index contributed by atoms with van der Waals surface area (Å²) < 4.78 is 72.2. The third kappa shape index (κ3) is 67.5. The summed E-state index contributed by atoms with van der Waals surface area (Å²) in [5, 5.41) is 11.1. The Bertz CT molecular complexity index is 2500. The number of nitrogens with one attached hydrogen (secondary N) is 4. The van der Waals surface area contributed by atoms with E-state index in [0.717, 1.165) is 128 Å². The predicted octanol–water partition coefficient (Wildman–Crippen LogP) is 22.5. The molecule has 1 aromatic carbocycles. The molecule has 0 saturated carbocycles. The van der Waals surface area contributed by atoms with Crippen LogP contribution in [0.25, 0.3) is 0 Å². The van der Waals surface area contributed by atoms with Gasteiger partial charge in [0.25, 0.3) is 11.8 Å². The summed E-state index contributed by atoms with van der Waals surface area (Å²) in [7, 11) is -9.54. The highest BCUT2D eigenvalue weighted by Gasteiger charge is 2.28. The van der Waals surface area contributed by atoms with Crippen molar-refractivity contribution in [3.63, 3.8) is 0 Å². The molecule has 22 nitrogen and oxygen atoms in total. The first-order valence-corrected chi connectivity index (χ1v) is 48.7. The lowest BCUT2D eigenvalue weighted by molar-refractivity contribution is -0.151. The number of rotatable bonds is 84. The summed E-state index contributed by atoms with van der Waals surface area (Å²) in [6.07, 6.45) is 61.9. The van der Waals surface area contributed by atoms with Gasteiger partial charge in [0.2, 0.25) is 11.8 Å². The molecule has 0 fully saturated rings. The predicted molar refractivity (Wildman–Crippen MR) is 461 cm³/mol. The number of carbonyl (C=O) groups excluding carboxylic acids is 6. The first-order valence-electron chi connectivity index (χ1n) is 45.7. The molecular formula is C90H164N4O18P2. The maximum absolute atomic E-state index is 13.6. The van der Waals surface area contributed by atoms with Crippen molar-refractivity contribution in [3.05, 3.63) is 59.7 Å². The molecule has 0 spiro atoms. The maximum Gasteiger partial charge on any atom is 0.472 e. The summed E-state index contributed by atoms with van der Waals surface area (Å²) in [5.74, 6) is -2.37. The van der Waals surface area contributed by atoms with Crippen LogP contribution in [0, 0.1) is 0 Å². The summed E-state index contributed by atoms with van der Waals surface area (Å²) in [6.45, 7) is 11.2. The van der Waals surface area contributed by atoms with E-state index in [-0.39, 0.29) is 99.4 Å². The highest BCUT2D eigenvalue weighted by atomic mass is 31.2. The van der Waals surface area contributed by atoms with Crippen molar-refractivity contribution < 1.29 is 84.7 Å². The fourth-order valence-electron chi connectivity index (χ4n) is 13.3. The van der Waals surface area contributed by atoms with Gasteiger partial charge in [-0.25, -0.2) is 9.13 Å². The Hall–Kier alpha value is -4.34. The van der Waals surface area contributed by atoms with Crippen molar-refractivity contribution in [2.75, 3.05) is 65.9 Å². The van der Waals surface area contributed by atoms with Crippen LogP contribution in [-0.2, 0) is 65.4 Å². The molecule has 0 heterocycles. The van der Waals surface area contributed by atoms with Crippen molar-refractivity contribution >= 4 is 51.2 Å². The van der Waals surface area contributed by atoms with Crippen LogP contribution in [0.4, 0.5) is 0 Å². The highest BCUT2D eigenvalue weighted by molar-refractivity contribution is 7.47. The largest absolute Gasteiger partial charge is 0.472 e. The van der Waals surface area contributed by atoms with Crippen molar-refractivity contribution in [1.82, 2.24) is 21.3 Å². The standard InChI is InChI=1S/C90H164N4O18P2/c1-7-13-19-25-29-33-35-39-41-47-53-63-85(95)93-79(75-105-71-67-81(59-51-45-23-17-11-5)111-87(97)65-55-49-43-37-31-27-21-15-9-3)77-109-113(101,102)107-73-69-91-89(99)83-61-57-58-62-84(83)90(100)92-70-74-108-114(103,104)110-78-80(94-86(96)64-54-48-42-40-36-34-30-26-20-14-8-2)76-106-72-68-82(60-52-46-24-18-12-6)112-88(98)66-56-50-44-38-32-28-22-16-10-4/h37-38,43-44,57-58,61-62,79-82H,7-36,39-42,45-56,59-60,63-78H2,1-6H3,(H,91,99)(H,92,100)(H,93,95)(H,94,96)(H,101,102)(H,103,104)/b43-37-,44-38-/t79-,80?,81-,82-/m1/s1. The molecule has 6 atom stereocenters. The topological polar surface area (TPSA) is 299 Å². The molecule has 0 aliphatic rings. The third-order valence-electron chi connectivity index (χ3n) is 20.3. The summed E-state index contributed by atoms with van der Waals surface area (Å²) in [4.78, 5) is 102. The third-order valence-corrected chi connectivity index (χ3v) is 22.2. The number of ether oxygens (including phenoxy) is 4. The Labute approximate surface area is 691 Å². The van der Waals surface area contributed by atoms with Gasteiger partial charge in [-0.1, -0.05) is 296 Å². The normalized spacial score (nSPS) is 13.8. The first-order chi connectivity index (χ1) is 55.4. The summed E-state index contributed by atoms with van der Waals surface area (Å²) in [6, 6.07) is 4.28. The van der Waals surface area contributed by atoms with E-state index in [0.29, 0.717) is 64.2 Å². The second kappa shape index (κ2) is 77.3. The van der Waals surface area contributed by atoms with Crippen LogP contribution in [0.2, 0.25) is 0 Å². The molecule has 3 unspecified atom stereocenters. The van der Waals surface area contributed by atoms with E-state index >= 15 is 0 Å². The van der Waals surface area contributed by atoms with E-state index in [4.69, 9.17) is 37.0 Å². The molecule has 6 N–H and O–H groups in total. The average Bonchev–Trinajstić information content (AvgIpc) is 0.843. The van der Waals surface area contributed by atoms with E-state index in [9.17, 15) is 47.7 Å². The molecule has 24 heteroatoms. The zero-order valence-electron chi connectivity index (χ0n) is 72.5. The van der Waals surface area contributed by atoms with Crippen molar-refractivity contribution in [2.24, 2.45) is 0 Å². The van der Waals surface area contributed by atoms with Gasteiger partial charge >= 0.3 is 27.6 Å². The van der Waals surface area contributed by atoms with E-state index < -0.39 is 66.0 Å². The van der Waals surface area contributed by atoms with Crippen LogP contribution in [0.15, 0.2) is 48.6 Å². The monoisotopic (exact) mass is 1650 g/mol. The second-order valence-corrected chi connectivity index (χ2v) is 34.0. The lowest BCUT2D eigenvalue weighted by Crippen LogP contribution is -2.41. The molecule has 0 aliphatic heterocycles. The van der Waals surface area contributed by atoms with Crippen LogP contribution < -0.4 is 21.3 Å². The Morgan fingerprint density at radius 3 is 0.956 bits per heavy atom.